The minimum absolute atomic E-state index is 0.833. The van der Waals surface area contributed by atoms with Crippen molar-refractivity contribution in [3.05, 3.63) is 48.9 Å². The summed E-state index contributed by atoms with van der Waals surface area (Å²) in [6.07, 6.45) is 5.97. The highest BCUT2D eigenvalue weighted by Crippen LogP contribution is 2.38. The molecule has 0 radical (unpaired) electrons. The van der Waals surface area contributed by atoms with Crippen molar-refractivity contribution in [1.29, 1.82) is 0 Å². The van der Waals surface area contributed by atoms with E-state index in [1.54, 1.807) is 24.6 Å². The van der Waals surface area contributed by atoms with Crippen LogP contribution in [-0.2, 0) is 14.1 Å². The number of benzene rings is 1. The van der Waals surface area contributed by atoms with Gasteiger partial charge in [-0.3, -0.25) is 0 Å². The second-order valence-electron chi connectivity index (χ2n) is 6.48. The molecule has 27 heavy (non-hydrogen) atoms. The van der Waals surface area contributed by atoms with Crippen molar-refractivity contribution in [2.45, 2.75) is 0 Å². The maximum Gasteiger partial charge on any atom is 0.150 e. The zero-order valence-electron chi connectivity index (χ0n) is 15.2. The third kappa shape index (κ3) is 2.43. The number of hydrogen-bond acceptors (Lipinski definition) is 5. The summed E-state index contributed by atoms with van der Waals surface area (Å²) >= 11 is 1.59. The van der Waals surface area contributed by atoms with E-state index in [9.17, 15) is 0 Å². The number of ether oxygens (including phenoxy) is 1. The van der Waals surface area contributed by atoms with Gasteiger partial charge in [-0.2, -0.15) is 0 Å². The molecule has 5 rings (SSSR count). The molecule has 0 fully saturated rings. The molecule has 0 unspecified atom stereocenters. The van der Waals surface area contributed by atoms with Gasteiger partial charge in [-0.05, 0) is 30.3 Å². The van der Waals surface area contributed by atoms with Crippen molar-refractivity contribution in [2.24, 2.45) is 14.1 Å². The van der Waals surface area contributed by atoms with E-state index >= 15 is 0 Å². The number of aromatic nitrogens is 5. The molecule has 6 nitrogen and oxygen atoms in total. The van der Waals surface area contributed by atoms with Crippen LogP contribution in [0.2, 0.25) is 0 Å². The molecule has 134 valence electrons. The van der Waals surface area contributed by atoms with Crippen molar-refractivity contribution in [2.75, 3.05) is 7.11 Å². The maximum atomic E-state index is 5.40. The maximum absolute atomic E-state index is 5.40. The number of aryl methyl sites for hydroxylation is 2. The van der Waals surface area contributed by atoms with E-state index in [-0.39, 0.29) is 0 Å². The second kappa shape index (κ2) is 5.92. The summed E-state index contributed by atoms with van der Waals surface area (Å²) in [5.41, 5.74) is 4.20. The molecule has 0 aliphatic rings. The molecule has 0 N–H and O–H groups in total. The van der Waals surface area contributed by atoms with Gasteiger partial charge in [0.2, 0.25) is 0 Å². The summed E-state index contributed by atoms with van der Waals surface area (Å²) in [4.78, 5) is 4.46. The Balaban J connectivity index is 1.67. The lowest BCUT2D eigenvalue weighted by Gasteiger charge is -2.00. The van der Waals surface area contributed by atoms with Crippen LogP contribution in [0.3, 0.4) is 0 Å². The first-order chi connectivity index (χ1) is 13.2. The minimum atomic E-state index is 0.833. The van der Waals surface area contributed by atoms with Gasteiger partial charge in [0, 0.05) is 60.1 Å². The summed E-state index contributed by atoms with van der Waals surface area (Å²) in [5.74, 6) is 0.833. The van der Waals surface area contributed by atoms with E-state index < -0.39 is 0 Å². The van der Waals surface area contributed by atoms with Gasteiger partial charge in [0.15, 0.2) is 0 Å². The van der Waals surface area contributed by atoms with Crippen LogP contribution in [0, 0.1) is 0 Å². The number of fused-ring (bicyclic) bond motifs is 2. The summed E-state index contributed by atoms with van der Waals surface area (Å²) in [5, 5.41) is 12.9. The number of nitrogens with zero attached hydrogens (tertiary/aromatic N) is 5. The lowest BCUT2D eigenvalue weighted by molar-refractivity contribution is 0.415. The van der Waals surface area contributed by atoms with Crippen molar-refractivity contribution in [3.8, 4) is 26.9 Å². The fourth-order valence-electron chi connectivity index (χ4n) is 3.49. The van der Waals surface area contributed by atoms with Crippen LogP contribution in [0.4, 0.5) is 0 Å². The first-order valence-electron chi connectivity index (χ1n) is 8.53. The zero-order chi connectivity index (χ0) is 18.5. The van der Waals surface area contributed by atoms with Gasteiger partial charge in [0.05, 0.1) is 7.11 Å². The van der Waals surface area contributed by atoms with Gasteiger partial charge < -0.3 is 13.9 Å². The monoisotopic (exact) mass is 375 g/mol. The third-order valence-electron chi connectivity index (χ3n) is 4.82. The topological polar surface area (TPSA) is 57.8 Å². The smallest absolute Gasteiger partial charge is 0.150 e. The second-order valence-corrected chi connectivity index (χ2v) is 7.45. The third-order valence-corrected chi connectivity index (χ3v) is 5.81. The Morgan fingerprint density at radius 3 is 2.44 bits per heavy atom. The molecular weight excluding hydrogens is 358 g/mol. The highest BCUT2D eigenvalue weighted by atomic mass is 32.1. The van der Waals surface area contributed by atoms with Gasteiger partial charge >= 0.3 is 0 Å². The normalized spacial score (nSPS) is 11.5. The summed E-state index contributed by atoms with van der Waals surface area (Å²) in [6.45, 7) is 0. The first-order valence-corrected chi connectivity index (χ1v) is 9.34. The van der Waals surface area contributed by atoms with E-state index in [0.29, 0.717) is 0 Å². The van der Waals surface area contributed by atoms with Crippen molar-refractivity contribution >= 4 is 33.3 Å². The molecule has 0 spiro atoms. The minimum Gasteiger partial charge on any atom is -0.497 e. The van der Waals surface area contributed by atoms with Crippen LogP contribution in [0.15, 0.2) is 48.9 Å². The molecule has 0 bridgehead atoms. The van der Waals surface area contributed by atoms with Gasteiger partial charge in [0.1, 0.15) is 21.4 Å². The molecule has 0 aliphatic heterocycles. The SMILES string of the molecule is COc1ccc2c(c1)c(-c1nnc(-c3cn(C)c4ncccc34)s1)cn2C. The Hall–Kier alpha value is -3.19. The van der Waals surface area contributed by atoms with Gasteiger partial charge in [-0.15, -0.1) is 10.2 Å². The zero-order valence-corrected chi connectivity index (χ0v) is 16.0. The average molecular weight is 375 g/mol. The average Bonchev–Trinajstić information content (AvgIpc) is 3.38. The lowest BCUT2D eigenvalue weighted by Crippen LogP contribution is -1.85. The number of pyridine rings is 1. The summed E-state index contributed by atoms with van der Waals surface area (Å²) < 4.78 is 9.52. The van der Waals surface area contributed by atoms with Crippen LogP contribution in [0.1, 0.15) is 0 Å². The van der Waals surface area contributed by atoms with Gasteiger partial charge in [-0.25, -0.2) is 4.98 Å². The molecule has 4 aromatic heterocycles. The molecule has 0 atom stereocenters. The van der Waals surface area contributed by atoms with E-state index in [2.05, 4.69) is 44.3 Å². The molecular formula is C20H17N5OS. The predicted octanol–water partition coefficient (Wildman–Crippen LogP) is 4.26. The molecule has 0 aliphatic carbocycles. The van der Waals surface area contributed by atoms with Crippen LogP contribution < -0.4 is 4.74 Å². The van der Waals surface area contributed by atoms with Crippen molar-refractivity contribution in [1.82, 2.24) is 24.3 Å². The fraction of sp³-hybridized carbons (Fsp3) is 0.150. The molecule has 0 saturated carbocycles. The lowest BCUT2D eigenvalue weighted by atomic mass is 10.2. The summed E-state index contributed by atoms with van der Waals surface area (Å²) in [6, 6.07) is 10.1. The quantitative estimate of drug-likeness (QED) is 0.473. The van der Waals surface area contributed by atoms with E-state index in [4.69, 9.17) is 4.74 Å². The Labute approximate surface area is 159 Å². The molecule has 5 aromatic rings. The molecule has 4 heterocycles. The molecule has 1 aromatic carbocycles. The number of hydrogen-bond donors (Lipinski definition) is 0. The van der Waals surface area contributed by atoms with E-state index in [0.717, 1.165) is 48.8 Å². The van der Waals surface area contributed by atoms with Crippen LogP contribution in [-0.4, -0.2) is 31.4 Å². The van der Waals surface area contributed by atoms with Gasteiger partial charge in [0.25, 0.3) is 0 Å². The fourth-order valence-corrected chi connectivity index (χ4v) is 4.38. The highest BCUT2D eigenvalue weighted by molar-refractivity contribution is 7.18. The van der Waals surface area contributed by atoms with Crippen LogP contribution in [0.5, 0.6) is 5.75 Å². The predicted molar refractivity (Wildman–Crippen MR) is 108 cm³/mol. The Morgan fingerprint density at radius 2 is 1.67 bits per heavy atom. The Bertz CT molecular complexity index is 1300. The Kier molecular flexibility index (Phi) is 3.51. The number of rotatable bonds is 3. The highest BCUT2D eigenvalue weighted by Gasteiger charge is 2.17. The van der Waals surface area contributed by atoms with E-state index in [1.165, 1.54) is 0 Å². The summed E-state index contributed by atoms with van der Waals surface area (Å²) in [7, 11) is 5.72. The largest absolute Gasteiger partial charge is 0.497 e. The first kappa shape index (κ1) is 16.0. The van der Waals surface area contributed by atoms with E-state index in [1.807, 2.05) is 36.9 Å². The van der Waals surface area contributed by atoms with Crippen LogP contribution in [0.25, 0.3) is 43.1 Å². The standard InChI is InChI=1S/C20H17N5OS/c1-24-10-16(14-9-12(26-3)6-7-17(14)24)20-23-22-19(27-20)15-11-25(2)18-13(15)5-4-8-21-18/h4-11H,1-3H3. The molecule has 0 amide bonds. The molecule has 7 heteroatoms. The number of methoxy groups -OCH3 is 1. The molecule has 0 saturated heterocycles. The van der Waals surface area contributed by atoms with Crippen LogP contribution >= 0.6 is 11.3 Å². The van der Waals surface area contributed by atoms with Crippen molar-refractivity contribution < 1.29 is 4.74 Å². The Morgan fingerprint density at radius 1 is 0.926 bits per heavy atom. The van der Waals surface area contributed by atoms with Crippen molar-refractivity contribution in [3.63, 3.8) is 0 Å². The van der Waals surface area contributed by atoms with Gasteiger partial charge in [-0.1, -0.05) is 11.3 Å².